The molecule has 0 saturated heterocycles. The summed E-state index contributed by atoms with van der Waals surface area (Å²) < 4.78 is 10.1. The Balaban J connectivity index is 1.96. The van der Waals surface area contributed by atoms with E-state index >= 15 is 0 Å². The minimum atomic E-state index is -0.491. The molecule has 1 aromatic heterocycles. The first-order valence-corrected chi connectivity index (χ1v) is 5.89. The number of furan rings is 1. The monoisotopic (exact) mass is 245 g/mol. The average Bonchev–Trinajstić information content (AvgIpc) is 2.92. The van der Waals surface area contributed by atoms with Gasteiger partial charge in [-0.05, 0) is 42.8 Å². The number of nitrogens with one attached hydrogen (secondary N) is 1. The van der Waals surface area contributed by atoms with Crippen molar-refractivity contribution in [2.45, 2.75) is 13.3 Å². The van der Waals surface area contributed by atoms with E-state index in [0.717, 1.165) is 18.7 Å². The molecule has 4 nitrogen and oxygen atoms in total. The fourth-order valence-corrected chi connectivity index (χ4v) is 1.46. The zero-order valence-electron chi connectivity index (χ0n) is 10.2. The van der Waals surface area contributed by atoms with Crippen LogP contribution in [-0.2, 0) is 0 Å². The van der Waals surface area contributed by atoms with Crippen LogP contribution in [0, 0.1) is 0 Å². The van der Waals surface area contributed by atoms with E-state index in [0.29, 0.717) is 5.75 Å². The quantitative estimate of drug-likeness (QED) is 0.648. The van der Waals surface area contributed by atoms with Crippen LogP contribution in [0.3, 0.4) is 0 Å². The summed E-state index contributed by atoms with van der Waals surface area (Å²) in [6.07, 6.45) is 2.50. The van der Waals surface area contributed by atoms with Gasteiger partial charge in [0.15, 0.2) is 0 Å². The van der Waals surface area contributed by atoms with Gasteiger partial charge < -0.3 is 14.5 Å². The third-order valence-corrected chi connectivity index (χ3v) is 2.37. The number of hydrogen-bond donors (Lipinski definition) is 1. The van der Waals surface area contributed by atoms with Crippen LogP contribution in [0.15, 0.2) is 47.1 Å². The summed E-state index contributed by atoms with van der Waals surface area (Å²) in [5.74, 6) is 0.205. The van der Waals surface area contributed by atoms with Crippen molar-refractivity contribution in [3.05, 3.63) is 48.4 Å². The number of ether oxygens (including phenoxy) is 1. The molecule has 1 heterocycles. The van der Waals surface area contributed by atoms with E-state index in [4.69, 9.17) is 9.15 Å². The van der Waals surface area contributed by atoms with Gasteiger partial charge in [-0.3, -0.25) is 0 Å². The summed E-state index contributed by atoms with van der Waals surface area (Å²) in [6.45, 7) is 3.03. The first-order chi connectivity index (χ1) is 8.79. The maximum absolute atomic E-state index is 11.6. The second-order valence-corrected chi connectivity index (χ2v) is 3.82. The third kappa shape index (κ3) is 3.13. The molecule has 0 aliphatic heterocycles. The molecule has 2 rings (SSSR count). The summed E-state index contributed by atoms with van der Waals surface area (Å²) in [4.78, 5) is 11.6. The fraction of sp³-hybridized carbons (Fsp3) is 0.214. The molecular weight excluding hydrogens is 230 g/mol. The number of carbonyl (C=O) groups excluding carboxylic acids is 1. The van der Waals surface area contributed by atoms with Crippen molar-refractivity contribution in [3.8, 4) is 5.75 Å². The van der Waals surface area contributed by atoms with Crippen molar-refractivity contribution in [2.75, 3.05) is 11.9 Å². The Hall–Kier alpha value is -2.23. The second-order valence-electron chi connectivity index (χ2n) is 3.82. The molecule has 0 atom stereocenters. The number of anilines is 1. The minimum absolute atomic E-state index is 0.197. The zero-order valence-corrected chi connectivity index (χ0v) is 10.2. The van der Waals surface area contributed by atoms with Crippen LogP contribution < -0.4 is 10.1 Å². The van der Waals surface area contributed by atoms with Crippen molar-refractivity contribution >= 4 is 11.7 Å². The standard InChI is InChI=1S/C14H15NO3/c1-2-9-15-11-5-7-12(8-6-11)18-14(16)13-4-3-10-17-13/h3-8,10,15H,2,9H2,1H3. The van der Waals surface area contributed by atoms with E-state index in [2.05, 4.69) is 12.2 Å². The van der Waals surface area contributed by atoms with E-state index in [-0.39, 0.29) is 5.76 Å². The lowest BCUT2D eigenvalue weighted by molar-refractivity contribution is 0.0701. The molecule has 0 fully saturated rings. The number of hydrogen-bond acceptors (Lipinski definition) is 4. The molecule has 0 spiro atoms. The highest BCUT2D eigenvalue weighted by atomic mass is 16.5. The first kappa shape index (κ1) is 12.2. The zero-order chi connectivity index (χ0) is 12.8. The van der Waals surface area contributed by atoms with Crippen molar-refractivity contribution in [1.82, 2.24) is 0 Å². The first-order valence-electron chi connectivity index (χ1n) is 5.89. The van der Waals surface area contributed by atoms with Gasteiger partial charge in [0.25, 0.3) is 0 Å². The predicted molar refractivity (Wildman–Crippen MR) is 68.9 cm³/mol. The molecule has 0 radical (unpaired) electrons. The highest BCUT2D eigenvalue weighted by Gasteiger charge is 2.10. The van der Waals surface area contributed by atoms with Crippen LogP contribution in [-0.4, -0.2) is 12.5 Å². The van der Waals surface area contributed by atoms with Gasteiger partial charge in [0, 0.05) is 12.2 Å². The van der Waals surface area contributed by atoms with E-state index < -0.39 is 5.97 Å². The van der Waals surface area contributed by atoms with Crippen molar-refractivity contribution in [3.63, 3.8) is 0 Å². The van der Waals surface area contributed by atoms with E-state index in [9.17, 15) is 4.79 Å². The maximum Gasteiger partial charge on any atom is 0.379 e. The van der Waals surface area contributed by atoms with Gasteiger partial charge in [0.1, 0.15) is 5.75 Å². The van der Waals surface area contributed by atoms with E-state index in [1.807, 2.05) is 12.1 Å². The molecule has 94 valence electrons. The van der Waals surface area contributed by atoms with Crippen LogP contribution in [0.2, 0.25) is 0 Å². The van der Waals surface area contributed by atoms with Gasteiger partial charge >= 0.3 is 5.97 Å². The van der Waals surface area contributed by atoms with E-state index in [1.54, 1.807) is 24.3 Å². The topological polar surface area (TPSA) is 51.5 Å². The summed E-state index contributed by atoms with van der Waals surface area (Å²) in [6, 6.07) is 10.5. The van der Waals surface area contributed by atoms with E-state index in [1.165, 1.54) is 6.26 Å². The van der Waals surface area contributed by atoms with Crippen LogP contribution in [0.1, 0.15) is 23.9 Å². The van der Waals surface area contributed by atoms with Crippen molar-refractivity contribution in [1.29, 1.82) is 0 Å². The number of esters is 1. The summed E-state index contributed by atoms with van der Waals surface area (Å²) in [5.41, 5.74) is 1.01. The average molecular weight is 245 g/mol. The summed E-state index contributed by atoms with van der Waals surface area (Å²) >= 11 is 0. The van der Waals surface area contributed by atoms with Gasteiger partial charge in [-0.2, -0.15) is 0 Å². The Kier molecular flexibility index (Phi) is 4.02. The molecule has 0 saturated carbocycles. The van der Waals surface area contributed by atoms with Crippen molar-refractivity contribution in [2.24, 2.45) is 0 Å². The smallest absolute Gasteiger partial charge is 0.379 e. The largest absolute Gasteiger partial charge is 0.457 e. The molecule has 1 N–H and O–H groups in total. The lowest BCUT2D eigenvalue weighted by Gasteiger charge is -2.06. The second kappa shape index (κ2) is 5.91. The molecule has 0 unspecified atom stereocenters. The molecular formula is C14H15NO3. The molecule has 0 aliphatic carbocycles. The van der Waals surface area contributed by atoms with Gasteiger partial charge in [-0.1, -0.05) is 6.92 Å². The highest BCUT2D eigenvalue weighted by Crippen LogP contribution is 2.17. The number of carbonyl (C=O) groups is 1. The number of benzene rings is 1. The Morgan fingerprint density at radius 2 is 2.06 bits per heavy atom. The molecule has 0 aliphatic rings. The number of rotatable bonds is 5. The van der Waals surface area contributed by atoms with Crippen LogP contribution in [0.5, 0.6) is 5.75 Å². The SMILES string of the molecule is CCCNc1ccc(OC(=O)c2ccco2)cc1. The van der Waals surface area contributed by atoms with Gasteiger partial charge in [-0.25, -0.2) is 4.79 Å². The molecule has 18 heavy (non-hydrogen) atoms. The molecule has 0 amide bonds. The van der Waals surface area contributed by atoms with Crippen molar-refractivity contribution < 1.29 is 13.9 Å². The molecule has 4 heteroatoms. The predicted octanol–water partition coefficient (Wildman–Crippen LogP) is 3.32. The molecule has 1 aromatic carbocycles. The third-order valence-electron chi connectivity index (χ3n) is 2.37. The Morgan fingerprint density at radius 3 is 2.67 bits per heavy atom. The normalized spacial score (nSPS) is 10.1. The fourth-order valence-electron chi connectivity index (χ4n) is 1.46. The highest BCUT2D eigenvalue weighted by molar-refractivity contribution is 5.88. The summed E-state index contributed by atoms with van der Waals surface area (Å²) in [5, 5.41) is 3.24. The molecule has 2 aromatic rings. The van der Waals surface area contributed by atoms with Crippen LogP contribution >= 0.6 is 0 Å². The van der Waals surface area contributed by atoms with Gasteiger partial charge in [0.2, 0.25) is 5.76 Å². The van der Waals surface area contributed by atoms with Crippen LogP contribution in [0.4, 0.5) is 5.69 Å². The van der Waals surface area contributed by atoms with Gasteiger partial charge in [-0.15, -0.1) is 0 Å². The Morgan fingerprint density at radius 1 is 1.28 bits per heavy atom. The minimum Gasteiger partial charge on any atom is -0.457 e. The Bertz CT molecular complexity index is 488. The maximum atomic E-state index is 11.6. The lowest BCUT2D eigenvalue weighted by atomic mass is 10.3. The van der Waals surface area contributed by atoms with Gasteiger partial charge in [0.05, 0.1) is 6.26 Å². The van der Waals surface area contributed by atoms with Crippen LogP contribution in [0.25, 0.3) is 0 Å². The summed E-state index contributed by atoms with van der Waals surface area (Å²) in [7, 11) is 0. The molecule has 0 bridgehead atoms. The lowest BCUT2D eigenvalue weighted by Crippen LogP contribution is -2.07. The Labute approximate surface area is 106 Å².